The number of nitrogens with one attached hydrogen (secondary N) is 2. The standard InChI is InChI=1S/C22H18Br2FN3.ClH/c23-18-7-3-1-5-16(18)20-21(17-6-2-4-8-19(17)24)28-22(27-20)26-13-14-9-11-15(25)12-10-14;/h1-12,20-21H,13H2,(H2,26,27,28);1H. The van der Waals surface area contributed by atoms with E-state index in [1.54, 1.807) is 12.1 Å². The van der Waals surface area contributed by atoms with Gasteiger partial charge in [-0.05, 0) is 41.0 Å². The van der Waals surface area contributed by atoms with E-state index in [0.717, 1.165) is 31.6 Å². The molecule has 0 saturated carbocycles. The van der Waals surface area contributed by atoms with E-state index < -0.39 is 0 Å². The minimum Gasteiger partial charge on any atom is -0.352 e. The number of hydrogen-bond acceptors (Lipinski definition) is 3. The third kappa shape index (κ3) is 5.00. The van der Waals surface area contributed by atoms with Gasteiger partial charge in [0.25, 0.3) is 0 Å². The number of halogens is 4. The molecular formula is C22H19Br2ClFN3. The summed E-state index contributed by atoms with van der Waals surface area (Å²) in [5, 5.41) is 6.86. The van der Waals surface area contributed by atoms with Crippen LogP contribution in [0.5, 0.6) is 0 Å². The molecular weight excluding hydrogens is 521 g/mol. The molecule has 4 rings (SSSR count). The van der Waals surface area contributed by atoms with Crippen LogP contribution in [0.15, 0.2) is 86.7 Å². The summed E-state index contributed by atoms with van der Waals surface area (Å²) in [5.74, 6) is 0.494. The van der Waals surface area contributed by atoms with Crippen molar-refractivity contribution in [2.45, 2.75) is 18.6 Å². The van der Waals surface area contributed by atoms with Crippen molar-refractivity contribution in [2.75, 3.05) is 0 Å². The monoisotopic (exact) mass is 537 g/mol. The zero-order chi connectivity index (χ0) is 19.5. The molecule has 3 aromatic rings. The summed E-state index contributed by atoms with van der Waals surface area (Å²) in [7, 11) is 0. The minimum absolute atomic E-state index is 0. The van der Waals surface area contributed by atoms with Crippen molar-refractivity contribution in [2.24, 2.45) is 4.99 Å². The van der Waals surface area contributed by atoms with Crippen LogP contribution in [-0.2, 0) is 6.54 Å². The number of aliphatic imine (C=N–C) groups is 1. The zero-order valence-corrected chi connectivity index (χ0v) is 19.3. The third-order valence-electron chi connectivity index (χ3n) is 4.71. The SMILES string of the molecule is Cl.Fc1ccc(CNC2=NC(c3ccccc3Br)C(c3ccccc3Br)N2)cc1. The van der Waals surface area contributed by atoms with Gasteiger partial charge < -0.3 is 10.6 Å². The molecule has 29 heavy (non-hydrogen) atoms. The fourth-order valence-electron chi connectivity index (χ4n) is 3.30. The van der Waals surface area contributed by atoms with Crippen LogP contribution in [0, 0.1) is 5.82 Å². The van der Waals surface area contributed by atoms with Gasteiger partial charge in [0, 0.05) is 15.5 Å². The Hall–Kier alpha value is -1.89. The van der Waals surface area contributed by atoms with E-state index >= 15 is 0 Å². The predicted octanol–water partition coefficient (Wildman–Crippen LogP) is 6.30. The highest BCUT2D eigenvalue weighted by Gasteiger charge is 2.33. The van der Waals surface area contributed by atoms with Crippen molar-refractivity contribution in [3.05, 3.63) is 104 Å². The van der Waals surface area contributed by atoms with Crippen LogP contribution in [0.3, 0.4) is 0 Å². The van der Waals surface area contributed by atoms with Crippen molar-refractivity contribution in [1.82, 2.24) is 10.6 Å². The zero-order valence-electron chi connectivity index (χ0n) is 15.3. The summed E-state index contributed by atoms with van der Waals surface area (Å²) < 4.78 is 15.2. The lowest BCUT2D eigenvalue weighted by atomic mass is 9.95. The molecule has 1 aliphatic rings. The van der Waals surface area contributed by atoms with E-state index in [2.05, 4.69) is 54.6 Å². The summed E-state index contributed by atoms with van der Waals surface area (Å²) in [6, 6.07) is 22.7. The van der Waals surface area contributed by atoms with Crippen LogP contribution in [-0.4, -0.2) is 5.96 Å². The Balaban J connectivity index is 0.00000240. The predicted molar refractivity (Wildman–Crippen MR) is 125 cm³/mol. The Morgan fingerprint density at radius 2 is 1.45 bits per heavy atom. The van der Waals surface area contributed by atoms with Gasteiger partial charge >= 0.3 is 0 Å². The van der Waals surface area contributed by atoms with Gasteiger partial charge in [0.15, 0.2) is 5.96 Å². The molecule has 0 saturated heterocycles. The molecule has 3 nitrogen and oxygen atoms in total. The average molecular weight is 540 g/mol. The maximum absolute atomic E-state index is 13.1. The largest absolute Gasteiger partial charge is 0.352 e. The second kappa shape index (κ2) is 9.74. The Bertz CT molecular complexity index is 1010. The molecule has 7 heteroatoms. The van der Waals surface area contributed by atoms with Gasteiger partial charge in [-0.15, -0.1) is 12.4 Å². The first kappa shape index (κ1) is 21.8. The molecule has 1 aliphatic heterocycles. The van der Waals surface area contributed by atoms with Crippen molar-refractivity contribution < 1.29 is 4.39 Å². The third-order valence-corrected chi connectivity index (χ3v) is 6.16. The van der Waals surface area contributed by atoms with E-state index in [0.29, 0.717) is 6.54 Å². The highest BCUT2D eigenvalue weighted by atomic mass is 79.9. The van der Waals surface area contributed by atoms with Gasteiger partial charge in [-0.3, -0.25) is 0 Å². The summed E-state index contributed by atoms with van der Waals surface area (Å²) in [6.07, 6.45) is 0. The number of benzene rings is 3. The summed E-state index contributed by atoms with van der Waals surface area (Å²) in [5.41, 5.74) is 3.26. The Morgan fingerprint density at radius 1 is 0.862 bits per heavy atom. The van der Waals surface area contributed by atoms with Gasteiger partial charge in [0.1, 0.15) is 11.9 Å². The first-order valence-electron chi connectivity index (χ1n) is 8.93. The Labute approximate surface area is 192 Å². The quantitative estimate of drug-likeness (QED) is 0.408. The maximum Gasteiger partial charge on any atom is 0.192 e. The fraction of sp³-hybridized carbons (Fsp3) is 0.136. The average Bonchev–Trinajstić information content (AvgIpc) is 3.12. The van der Waals surface area contributed by atoms with Gasteiger partial charge in [-0.1, -0.05) is 80.4 Å². The van der Waals surface area contributed by atoms with E-state index in [4.69, 9.17) is 4.99 Å². The fourth-order valence-corrected chi connectivity index (χ4v) is 4.35. The van der Waals surface area contributed by atoms with Crippen molar-refractivity contribution >= 4 is 50.2 Å². The molecule has 0 radical (unpaired) electrons. The van der Waals surface area contributed by atoms with Crippen LogP contribution in [0.1, 0.15) is 28.8 Å². The lowest BCUT2D eigenvalue weighted by Crippen LogP contribution is -2.35. The van der Waals surface area contributed by atoms with Crippen molar-refractivity contribution in [3.63, 3.8) is 0 Å². The van der Waals surface area contributed by atoms with Crippen molar-refractivity contribution in [1.29, 1.82) is 0 Å². The number of guanidine groups is 1. The molecule has 0 amide bonds. The summed E-state index contributed by atoms with van der Waals surface area (Å²) >= 11 is 7.33. The van der Waals surface area contributed by atoms with E-state index in [1.807, 2.05) is 36.4 Å². The number of nitrogens with zero attached hydrogens (tertiary/aromatic N) is 1. The van der Waals surface area contributed by atoms with Gasteiger partial charge in [-0.2, -0.15) is 0 Å². The molecule has 0 bridgehead atoms. The minimum atomic E-state index is -0.233. The van der Waals surface area contributed by atoms with E-state index in [1.165, 1.54) is 12.1 Å². The van der Waals surface area contributed by atoms with E-state index in [9.17, 15) is 4.39 Å². The maximum atomic E-state index is 13.1. The summed E-state index contributed by atoms with van der Waals surface area (Å²) in [4.78, 5) is 4.92. The van der Waals surface area contributed by atoms with Crippen LogP contribution in [0.25, 0.3) is 0 Å². The first-order chi connectivity index (χ1) is 13.6. The Morgan fingerprint density at radius 3 is 2.07 bits per heavy atom. The second-order valence-electron chi connectivity index (χ2n) is 6.57. The van der Waals surface area contributed by atoms with Crippen LogP contribution >= 0.6 is 44.3 Å². The van der Waals surface area contributed by atoms with Gasteiger partial charge in [0.05, 0.1) is 6.04 Å². The molecule has 0 spiro atoms. The van der Waals surface area contributed by atoms with Gasteiger partial charge in [0.2, 0.25) is 0 Å². The highest BCUT2D eigenvalue weighted by Crippen LogP contribution is 2.40. The normalized spacial score (nSPS) is 17.8. The molecule has 0 aromatic heterocycles. The molecule has 2 atom stereocenters. The topological polar surface area (TPSA) is 36.4 Å². The molecule has 1 heterocycles. The second-order valence-corrected chi connectivity index (χ2v) is 8.28. The van der Waals surface area contributed by atoms with Crippen LogP contribution in [0.4, 0.5) is 4.39 Å². The molecule has 3 aromatic carbocycles. The van der Waals surface area contributed by atoms with E-state index in [-0.39, 0.29) is 30.3 Å². The molecule has 2 unspecified atom stereocenters. The molecule has 0 fully saturated rings. The van der Waals surface area contributed by atoms with Crippen molar-refractivity contribution in [3.8, 4) is 0 Å². The lowest BCUT2D eigenvalue weighted by Gasteiger charge is -2.21. The van der Waals surface area contributed by atoms with Gasteiger partial charge in [-0.25, -0.2) is 9.38 Å². The molecule has 2 N–H and O–H groups in total. The Kier molecular flexibility index (Phi) is 7.33. The van der Waals surface area contributed by atoms with Crippen LogP contribution < -0.4 is 10.6 Å². The number of rotatable bonds is 4. The smallest absolute Gasteiger partial charge is 0.192 e. The lowest BCUT2D eigenvalue weighted by molar-refractivity contribution is 0.566. The molecule has 150 valence electrons. The first-order valence-corrected chi connectivity index (χ1v) is 10.5. The molecule has 0 aliphatic carbocycles. The highest BCUT2D eigenvalue weighted by molar-refractivity contribution is 9.10. The van der Waals surface area contributed by atoms with Crippen LogP contribution in [0.2, 0.25) is 0 Å². The number of hydrogen-bond donors (Lipinski definition) is 2. The summed E-state index contributed by atoms with van der Waals surface area (Å²) in [6.45, 7) is 0.567.